The first-order valence-electron chi connectivity index (χ1n) is 7.16. The van der Waals surface area contributed by atoms with Crippen molar-refractivity contribution in [3.05, 3.63) is 35.9 Å². The van der Waals surface area contributed by atoms with Gasteiger partial charge in [0.2, 0.25) is 0 Å². The quantitative estimate of drug-likeness (QED) is 0.859. The lowest BCUT2D eigenvalue weighted by Crippen LogP contribution is -2.33. The van der Waals surface area contributed by atoms with Crippen LogP contribution in [0.15, 0.2) is 30.3 Å². The predicted molar refractivity (Wildman–Crippen MR) is 77.6 cm³/mol. The fourth-order valence-electron chi connectivity index (χ4n) is 2.97. The molecule has 1 N–H and O–H groups in total. The second-order valence-electron chi connectivity index (χ2n) is 5.77. The highest BCUT2D eigenvalue weighted by Crippen LogP contribution is 2.30. The van der Waals surface area contributed by atoms with Gasteiger partial charge >= 0.3 is 0 Å². The van der Waals surface area contributed by atoms with E-state index in [0.29, 0.717) is 6.04 Å². The summed E-state index contributed by atoms with van der Waals surface area (Å²) in [5, 5.41) is 3.35. The minimum Gasteiger partial charge on any atom is -0.318 e. The van der Waals surface area contributed by atoms with Crippen LogP contribution < -0.4 is 5.32 Å². The van der Waals surface area contributed by atoms with Crippen LogP contribution in [0.25, 0.3) is 0 Å². The first-order valence-corrected chi connectivity index (χ1v) is 7.16. The molecule has 2 unspecified atom stereocenters. The zero-order valence-corrected chi connectivity index (χ0v) is 11.9. The third-order valence-electron chi connectivity index (χ3n) is 4.22. The molecule has 0 aromatic heterocycles. The van der Waals surface area contributed by atoms with Crippen molar-refractivity contribution < 1.29 is 0 Å². The van der Waals surface area contributed by atoms with Gasteiger partial charge in [0.25, 0.3) is 0 Å². The van der Waals surface area contributed by atoms with Crippen LogP contribution in [0.1, 0.15) is 31.9 Å². The zero-order chi connectivity index (χ0) is 13.0. The predicted octanol–water partition coefficient (Wildman–Crippen LogP) is 2.93. The van der Waals surface area contributed by atoms with Gasteiger partial charge in [-0.05, 0) is 37.4 Å². The minimum absolute atomic E-state index is 0.528. The molecule has 100 valence electrons. The van der Waals surface area contributed by atoms with E-state index in [4.69, 9.17) is 0 Å². The number of benzene rings is 1. The number of nitrogens with one attached hydrogen (secondary N) is 1. The van der Waals surface area contributed by atoms with E-state index in [1.54, 1.807) is 0 Å². The van der Waals surface area contributed by atoms with Crippen molar-refractivity contribution in [1.82, 2.24) is 10.2 Å². The monoisotopic (exact) mass is 246 g/mol. The van der Waals surface area contributed by atoms with Crippen molar-refractivity contribution in [2.45, 2.75) is 26.3 Å². The molecule has 1 aliphatic rings. The SMILES string of the molecule is CNCC(c1ccccc1)N1CCC(C(C)C)C1. The van der Waals surface area contributed by atoms with Crippen molar-refractivity contribution >= 4 is 0 Å². The normalized spacial score (nSPS) is 22.6. The smallest absolute Gasteiger partial charge is 0.0472 e. The summed E-state index contributed by atoms with van der Waals surface area (Å²) < 4.78 is 0. The van der Waals surface area contributed by atoms with Crippen LogP contribution in [0.3, 0.4) is 0 Å². The zero-order valence-electron chi connectivity index (χ0n) is 11.9. The van der Waals surface area contributed by atoms with Crippen molar-refractivity contribution in [3.63, 3.8) is 0 Å². The van der Waals surface area contributed by atoms with Crippen LogP contribution in [-0.4, -0.2) is 31.6 Å². The maximum atomic E-state index is 3.35. The van der Waals surface area contributed by atoms with E-state index in [1.165, 1.54) is 25.1 Å². The van der Waals surface area contributed by atoms with Crippen molar-refractivity contribution in [2.24, 2.45) is 11.8 Å². The van der Waals surface area contributed by atoms with E-state index in [-0.39, 0.29) is 0 Å². The largest absolute Gasteiger partial charge is 0.318 e. The number of nitrogens with zero attached hydrogens (tertiary/aromatic N) is 1. The Morgan fingerprint density at radius 3 is 2.56 bits per heavy atom. The molecule has 1 saturated heterocycles. The van der Waals surface area contributed by atoms with Crippen molar-refractivity contribution in [2.75, 3.05) is 26.7 Å². The molecule has 1 aromatic rings. The second-order valence-corrected chi connectivity index (χ2v) is 5.77. The molecule has 0 radical (unpaired) electrons. The Labute approximate surface area is 111 Å². The Morgan fingerprint density at radius 2 is 2.00 bits per heavy atom. The first kappa shape index (κ1) is 13.6. The van der Waals surface area contributed by atoms with E-state index in [1.807, 2.05) is 7.05 Å². The van der Waals surface area contributed by atoms with Crippen molar-refractivity contribution in [3.8, 4) is 0 Å². The average Bonchev–Trinajstić information content (AvgIpc) is 2.86. The molecule has 18 heavy (non-hydrogen) atoms. The number of rotatable bonds is 5. The Kier molecular flexibility index (Phi) is 4.79. The summed E-state index contributed by atoms with van der Waals surface area (Å²) in [7, 11) is 2.05. The second kappa shape index (κ2) is 6.35. The minimum atomic E-state index is 0.528. The molecule has 1 aromatic carbocycles. The molecule has 0 bridgehead atoms. The molecule has 0 aliphatic carbocycles. The molecule has 2 atom stereocenters. The summed E-state index contributed by atoms with van der Waals surface area (Å²) in [6, 6.07) is 11.4. The summed E-state index contributed by atoms with van der Waals surface area (Å²) >= 11 is 0. The van der Waals surface area contributed by atoms with Crippen LogP contribution in [0.4, 0.5) is 0 Å². The topological polar surface area (TPSA) is 15.3 Å². The van der Waals surface area contributed by atoms with E-state index in [0.717, 1.165) is 18.4 Å². The molecule has 1 fully saturated rings. The lowest BCUT2D eigenvalue weighted by atomic mass is 9.95. The third kappa shape index (κ3) is 3.12. The Balaban J connectivity index is 2.07. The maximum Gasteiger partial charge on any atom is 0.0472 e. The van der Waals surface area contributed by atoms with Gasteiger partial charge in [0.05, 0.1) is 0 Å². The molecule has 0 spiro atoms. The number of hydrogen-bond donors (Lipinski definition) is 1. The molecule has 1 aliphatic heterocycles. The van der Waals surface area contributed by atoms with E-state index >= 15 is 0 Å². The molecule has 1 heterocycles. The van der Waals surface area contributed by atoms with Gasteiger partial charge in [0.1, 0.15) is 0 Å². The molecule has 0 amide bonds. The number of hydrogen-bond acceptors (Lipinski definition) is 2. The van der Waals surface area contributed by atoms with Gasteiger partial charge in [-0.3, -0.25) is 4.90 Å². The lowest BCUT2D eigenvalue weighted by Gasteiger charge is -2.28. The Hall–Kier alpha value is -0.860. The van der Waals surface area contributed by atoms with E-state index < -0.39 is 0 Å². The van der Waals surface area contributed by atoms with Crippen LogP contribution in [-0.2, 0) is 0 Å². The average molecular weight is 246 g/mol. The van der Waals surface area contributed by atoms with Gasteiger partial charge in [-0.15, -0.1) is 0 Å². The van der Waals surface area contributed by atoms with Crippen LogP contribution >= 0.6 is 0 Å². The van der Waals surface area contributed by atoms with E-state index in [2.05, 4.69) is 54.4 Å². The Morgan fingerprint density at radius 1 is 1.28 bits per heavy atom. The molecule has 2 heteroatoms. The summed E-state index contributed by atoms with van der Waals surface area (Å²) in [4.78, 5) is 2.65. The number of likely N-dealkylation sites (N-methyl/N-ethyl adjacent to an activating group) is 1. The van der Waals surface area contributed by atoms with Gasteiger partial charge in [-0.25, -0.2) is 0 Å². The first-order chi connectivity index (χ1) is 8.72. The molecule has 2 nitrogen and oxygen atoms in total. The fraction of sp³-hybridized carbons (Fsp3) is 0.625. The van der Waals surface area contributed by atoms with Gasteiger partial charge in [-0.1, -0.05) is 44.2 Å². The summed E-state index contributed by atoms with van der Waals surface area (Å²) in [6.45, 7) is 8.23. The summed E-state index contributed by atoms with van der Waals surface area (Å²) in [5.74, 6) is 1.68. The molecule has 0 saturated carbocycles. The Bertz CT molecular complexity index is 347. The molecular formula is C16H26N2. The summed E-state index contributed by atoms with van der Waals surface area (Å²) in [6.07, 6.45) is 1.35. The van der Waals surface area contributed by atoms with Gasteiger partial charge in [0.15, 0.2) is 0 Å². The summed E-state index contributed by atoms with van der Waals surface area (Å²) in [5.41, 5.74) is 1.44. The lowest BCUT2D eigenvalue weighted by molar-refractivity contribution is 0.224. The highest BCUT2D eigenvalue weighted by atomic mass is 15.2. The third-order valence-corrected chi connectivity index (χ3v) is 4.22. The van der Waals surface area contributed by atoms with Crippen LogP contribution in [0, 0.1) is 11.8 Å². The fourth-order valence-corrected chi connectivity index (χ4v) is 2.97. The number of likely N-dealkylation sites (tertiary alicyclic amines) is 1. The highest BCUT2D eigenvalue weighted by molar-refractivity contribution is 5.19. The maximum absolute atomic E-state index is 3.35. The standard InChI is InChI=1S/C16H26N2/c1-13(2)15-9-10-18(12-15)16(11-17-3)14-7-5-4-6-8-14/h4-8,13,15-17H,9-12H2,1-3H3. The van der Waals surface area contributed by atoms with Crippen LogP contribution in [0.5, 0.6) is 0 Å². The van der Waals surface area contributed by atoms with Crippen LogP contribution in [0.2, 0.25) is 0 Å². The molecule has 2 rings (SSSR count). The highest BCUT2D eigenvalue weighted by Gasteiger charge is 2.29. The van der Waals surface area contributed by atoms with Crippen molar-refractivity contribution in [1.29, 1.82) is 0 Å². The van der Waals surface area contributed by atoms with Gasteiger partial charge in [-0.2, -0.15) is 0 Å². The molecular weight excluding hydrogens is 220 g/mol. The van der Waals surface area contributed by atoms with Gasteiger partial charge in [0, 0.05) is 19.1 Å². The van der Waals surface area contributed by atoms with E-state index in [9.17, 15) is 0 Å². The van der Waals surface area contributed by atoms with Gasteiger partial charge < -0.3 is 5.32 Å².